The molecule has 0 saturated carbocycles. The highest BCUT2D eigenvalue weighted by Crippen LogP contribution is 2.19. The molecule has 3 heteroatoms. The molecule has 0 spiro atoms. The van der Waals surface area contributed by atoms with Gasteiger partial charge in [0.2, 0.25) is 0 Å². The van der Waals surface area contributed by atoms with Gasteiger partial charge < -0.3 is 5.73 Å². The molecule has 0 aliphatic heterocycles. The van der Waals surface area contributed by atoms with Crippen molar-refractivity contribution in [3.05, 3.63) is 34.3 Å². The molecule has 0 radical (unpaired) electrons. The topological polar surface area (TPSA) is 26.0 Å². The van der Waals surface area contributed by atoms with Crippen LogP contribution in [-0.4, -0.2) is 11.8 Å². The van der Waals surface area contributed by atoms with Crippen LogP contribution in [0.1, 0.15) is 12.5 Å². The maximum absolute atomic E-state index is 5.54. The lowest BCUT2D eigenvalue weighted by atomic mass is 10.2. The summed E-state index contributed by atoms with van der Waals surface area (Å²) in [5, 5.41) is 0.541. The molecule has 0 heterocycles. The largest absolute Gasteiger partial charge is 0.329 e. The highest BCUT2D eigenvalue weighted by Gasteiger charge is 2.00. The molecular formula is C10H14BrNS. The van der Waals surface area contributed by atoms with Crippen LogP contribution >= 0.6 is 27.7 Å². The lowest BCUT2D eigenvalue weighted by molar-refractivity contribution is 0.950. The molecule has 13 heavy (non-hydrogen) atoms. The molecule has 72 valence electrons. The summed E-state index contributed by atoms with van der Waals surface area (Å²) >= 11 is 5.34. The van der Waals surface area contributed by atoms with Crippen molar-refractivity contribution in [2.24, 2.45) is 5.73 Å². The van der Waals surface area contributed by atoms with Crippen molar-refractivity contribution >= 4 is 27.7 Å². The highest BCUT2D eigenvalue weighted by atomic mass is 79.9. The Morgan fingerprint density at radius 3 is 2.92 bits per heavy atom. The van der Waals surface area contributed by atoms with E-state index in [9.17, 15) is 0 Å². The smallest absolute Gasteiger partial charge is 0.0188 e. The van der Waals surface area contributed by atoms with Crippen LogP contribution < -0.4 is 5.73 Å². The molecule has 0 bridgehead atoms. The summed E-state index contributed by atoms with van der Waals surface area (Å²) < 4.78 is 1.14. The predicted molar refractivity (Wildman–Crippen MR) is 64.0 cm³/mol. The van der Waals surface area contributed by atoms with Crippen LogP contribution in [0.25, 0.3) is 0 Å². The molecule has 1 rings (SSSR count). The van der Waals surface area contributed by atoms with E-state index < -0.39 is 0 Å². The second-order valence-corrected chi connectivity index (χ2v) is 5.33. The summed E-state index contributed by atoms with van der Waals surface area (Å²) in [6, 6.07) is 8.39. The summed E-state index contributed by atoms with van der Waals surface area (Å²) in [6.07, 6.45) is 0. The summed E-state index contributed by atoms with van der Waals surface area (Å²) in [6.45, 7) is 2.90. The fraction of sp³-hybridized carbons (Fsp3) is 0.400. The Bertz CT molecular complexity index is 265. The molecule has 2 N–H and O–H groups in total. The lowest BCUT2D eigenvalue weighted by Gasteiger charge is -2.07. The van der Waals surface area contributed by atoms with Gasteiger partial charge in [0.1, 0.15) is 0 Å². The van der Waals surface area contributed by atoms with Gasteiger partial charge in [-0.15, -0.1) is 0 Å². The van der Waals surface area contributed by atoms with Crippen molar-refractivity contribution in [1.82, 2.24) is 0 Å². The average Bonchev–Trinajstić information content (AvgIpc) is 2.14. The third-order valence-electron chi connectivity index (χ3n) is 1.76. The van der Waals surface area contributed by atoms with Crippen LogP contribution in [0, 0.1) is 0 Å². The zero-order chi connectivity index (χ0) is 9.68. The van der Waals surface area contributed by atoms with E-state index in [0.717, 1.165) is 16.8 Å². The van der Waals surface area contributed by atoms with Crippen molar-refractivity contribution in [3.8, 4) is 0 Å². The molecule has 1 aromatic carbocycles. The number of benzene rings is 1. The SMILES string of the molecule is CC(CN)SCc1cccc(Br)c1. The van der Waals surface area contributed by atoms with Crippen molar-refractivity contribution in [2.45, 2.75) is 17.9 Å². The van der Waals surface area contributed by atoms with E-state index in [4.69, 9.17) is 5.73 Å². The van der Waals surface area contributed by atoms with Gasteiger partial charge >= 0.3 is 0 Å². The van der Waals surface area contributed by atoms with Gasteiger partial charge in [0.25, 0.3) is 0 Å². The Balaban J connectivity index is 2.45. The monoisotopic (exact) mass is 259 g/mol. The zero-order valence-electron chi connectivity index (χ0n) is 7.66. The molecule has 1 aromatic rings. The normalized spacial score (nSPS) is 12.8. The van der Waals surface area contributed by atoms with Gasteiger partial charge in [-0.05, 0) is 17.7 Å². The molecule has 1 atom stereocenters. The number of nitrogens with two attached hydrogens (primary N) is 1. The summed E-state index contributed by atoms with van der Waals surface area (Å²) in [5.41, 5.74) is 6.88. The highest BCUT2D eigenvalue weighted by molar-refractivity contribution is 9.10. The van der Waals surface area contributed by atoms with Crippen molar-refractivity contribution in [1.29, 1.82) is 0 Å². The number of rotatable bonds is 4. The van der Waals surface area contributed by atoms with Gasteiger partial charge in [-0.1, -0.05) is 35.0 Å². The lowest BCUT2D eigenvalue weighted by Crippen LogP contribution is -2.12. The molecule has 0 aromatic heterocycles. The molecule has 0 fully saturated rings. The van der Waals surface area contributed by atoms with E-state index in [1.807, 2.05) is 17.8 Å². The summed E-state index contributed by atoms with van der Waals surface area (Å²) in [5.74, 6) is 1.04. The first-order valence-electron chi connectivity index (χ1n) is 4.28. The Morgan fingerprint density at radius 2 is 2.31 bits per heavy atom. The fourth-order valence-electron chi connectivity index (χ4n) is 0.933. The zero-order valence-corrected chi connectivity index (χ0v) is 10.1. The van der Waals surface area contributed by atoms with Gasteiger partial charge in [-0.25, -0.2) is 0 Å². The Kier molecular flexibility index (Phi) is 4.84. The van der Waals surface area contributed by atoms with E-state index >= 15 is 0 Å². The second kappa shape index (κ2) is 5.68. The fourth-order valence-corrected chi connectivity index (χ4v) is 2.17. The minimum atomic E-state index is 0.541. The number of hydrogen-bond acceptors (Lipinski definition) is 2. The minimum Gasteiger partial charge on any atom is -0.329 e. The van der Waals surface area contributed by atoms with Crippen molar-refractivity contribution < 1.29 is 0 Å². The maximum atomic E-state index is 5.54. The molecule has 0 aliphatic rings. The number of hydrogen-bond donors (Lipinski definition) is 1. The number of thioether (sulfide) groups is 1. The molecular weight excluding hydrogens is 246 g/mol. The molecule has 1 nitrogen and oxygen atoms in total. The Hall–Kier alpha value is 0.01000. The number of halogens is 1. The first kappa shape index (κ1) is 11.1. The molecule has 1 unspecified atom stereocenters. The quantitative estimate of drug-likeness (QED) is 0.900. The molecule has 0 amide bonds. The van der Waals surface area contributed by atoms with E-state index in [1.165, 1.54) is 5.56 Å². The standard InChI is InChI=1S/C10H14BrNS/c1-8(6-12)13-7-9-3-2-4-10(11)5-9/h2-5,8H,6-7,12H2,1H3. The molecule has 0 aliphatic carbocycles. The predicted octanol–water partition coefficient (Wildman–Crippen LogP) is 3.03. The van der Waals surface area contributed by atoms with Crippen molar-refractivity contribution in [3.63, 3.8) is 0 Å². The van der Waals surface area contributed by atoms with E-state index in [-0.39, 0.29) is 0 Å². The summed E-state index contributed by atoms with van der Waals surface area (Å²) in [4.78, 5) is 0. The van der Waals surface area contributed by atoms with Crippen LogP contribution in [0.3, 0.4) is 0 Å². The van der Waals surface area contributed by atoms with Crippen LogP contribution in [-0.2, 0) is 5.75 Å². The van der Waals surface area contributed by atoms with Crippen molar-refractivity contribution in [2.75, 3.05) is 6.54 Å². The van der Waals surface area contributed by atoms with Gasteiger partial charge in [-0.3, -0.25) is 0 Å². The Morgan fingerprint density at radius 1 is 1.54 bits per heavy atom. The van der Waals surface area contributed by atoms with Crippen LogP contribution in [0.2, 0.25) is 0 Å². The van der Waals surface area contributed by atoms with E-state index in [2.05, 4.69) is 41.1 Å². The first-order chi connectivity index (χ1) is 6.22. The van der Waals surface area contributed by atoms with E-state index in [1.54, 1.807) is 0 Å². The van der Waals surface area contributed by atoms with Gasteiger partial charge in [-0.2, -0.15) is 11.8 Å². The van der Waals surface area contributed by atoms with Gasteiger partial charge in [0.15, 0.2) is 0 Å². The van der Waals surface area contributed by atoms with E-state index in [0.29, 0.717) is 5.25 Å². The molecule has 0 saturated heterocycles. The van der Waals surface area contributed by atoms with Gasteiger partial charge in [0, 0.05) is 22.0 Å². The third-order valence-corrected chi connectivity index (χ3v) is 3.51. The van der Waals surface area contributed by atoms with Crippen LogP contribution in [0.4, 0.5) is 0 Å². The summed E-state index contributed by atoms with van der Waals surface area (Å²) in [7, 11) is 0. The Labute approximate surface area is 92.2 Å². The second-order valence-electron chi connectivity index (χ2n) is 2.99. The van der Waals surface area contributed by atoms with Gasteiger partial charge in [0.05, 0.1) is 0 Å². The third kappa shape index (κ3) is 4.16. The average molecular weight is 260 g/mol. The minimum absolute atomic E-state index is 0.541. The van der Waals surface area contributed by atoms with Crippen LogP contribution in [0.15, 0.2) is 28.7 Å². The van der Waals surface area contributed by atoms with Crippen LogP contribution in [0.5, 0.6) is 0 Å². The first-order valence-corrected chi connectivity index (χ1v) is 6.12. The maximum Gasteiger partial charge on any atom is 0.0188 e.